The van der Waals surface area contributed by atoms with Crippen LogP contribution in [0.25, 0.3) is 0 Å². The number of benzene rings is 2. The van der Waals surface area contributed by atoms with E-state index in [0.29, 0.717) is 34.8 Å². The largest absolute Gasteiger partial charge is 0.462 e. The Bertz CT molecular complexity index is 671. The van der Waals surface area contributed by atoms with Crippen molar-refractivity contribution in [3.05, 3.63) is 53.3 Å². The van der Waals surface area contributed by atoms with Gasteiger partial charge in [-0.25, -0.2) is 9.18 Å². The number of nitrogens with two attached hydrogens (primary N) is 1. The summed E-state index contributed by atoms with van der Waals surface area (Å²) in [4.78, 5) is 11.7. The average molecular weight is 288 g/mol. The van der Waals surface area contributed by atoms with Gasteiger partial charge < -0.3 is 15.8 Å². The van der Waals surface area contributed by atoms with Crippen molar-refractivity contribution in [1.82, 2.24) is 0 Å². The van der Waals surface area contributed by atoms with Gasteiger partial charge in [0.05, 0.1) is 23.5 Å². The predicted molar refractivity (Wildman–Crippen MR) is 81.2 cm³/mol. The quantitative estimate of drug-likeness (QED) is 0.666. The number of nitrogen functional groups attached to an aromatic ring is 1. The molecular weight excluding hydrogens is 271 g/mol. The highest BCUT2D eigenvalue weighted by atomic mass is 19.1. The Labute approximate surface area is 122 Å². The van der Waals surface area contributed by atoms with Gasteiger partial charge in [0, 0.05) is 11.3 Å². The molecule has 110 valence electrons. The zero-order valence-electron chi connectivity index (χ0n) is 11.9. The van der Waals surface area contributed by atoms with Crippen LogP contribution in [0.4, 0.5) is 21.5 Å². The fourth-order valence-electron chi connectivity index (χ4n) is 1.89. The van der Waals surface area contributed by atoms with Gasteiger partial charge >= 0.3 is 5.97 Å². The van der Waals surface area contributed by atoms with E-state index in [1.54, 1.807) is 44.2 Å². The van der Waals surface area contributed by atoms with Gasteiger partial charge in [-0.15, -0.1) is 0 Å². The summed E-state index contributed by atoms with van der Waals surface area (Å²) in [7, 11) is 0. The van der Waals surface area contributed by atoms with E-state index in [0.717, 1.165) is 0 Å². The van der Waals surface area contributed by atoms with E-state index in [2.05, 4.69) is 5.32 Å². The first-order valence-electron chi connectivity index (χ1n) is 6.61. The van der Waals surface area contributed by atoms with Crippen LogP contribution >= 0.6 is 0 Å². The number of nitrogens with one attached hydrogen (secondary N) is 1. The molecule has 2 aromatic carbocycles. The first-order valence-corrected chi connectivity index (χ1v) is 6.61. The third-order valence-electron chi connectivity index (χ3n) is 3.10. The van der Waals surface area contributed by atoms with Gasteiger partial charge in [-0.2, -0.15) is 0 Å². The highest BCUT2D eigenvalue weighted by Crippen LogP contribution is 2.27. The highest BCUT2D eigenvalue weighted by molar-refractivity contribution is 5.92. The van der Waals surface area contributed by atoms with Crippen LogP contribution in [0, 0.1) is 12.7 Å². The second kappa shape index (κ2) is 6.26. The minimum atomic E-state index is -0.420. The SMILES string of the molecule is CCOC(=O)c1ccc(N)c(Nc2cccc(F)c2C)c1. The maximum Gasteiger partial charge on any atom is 0.338 e. The zero-order chi connectivity index (χ0) is 15.4. The van der Waals surface area contributed by atoms with Crippen LogP contribution in [-0.2, 0) is 4.74 Å². The molecule has 0 unspecified atom stereocenters. The molecule has 0 heterocycles. The number of esters is 1. The molecule has 0 aromatic heterocycles. The van der Waals surface area contributed by atoms with E-state index in [4.69, 9.17) is 10.5 Å². The second-order valence-electron chi connectivity index (χ2n) is 4.56. The summed E-state index contributed by atoms with van der Waals surface area (Å²) in [6.45, 7) is 3.71. The van der Waals surface area contributed by atoms with Crippen LogP contribution in [0.15, 0.2) is 36.4 Å². The third kappa shape index (κ3) is 3.31. The van der Waals surface area contributed by atoms with Gasteiger partial charge in [-0.1, -0.05) is 6.07 Å². The minimum absolute atomic E-state index is 0.301. The number of anilines is 3. The molecule has 0 aliphatic carbocycles. The molecule has 3 N–H and O–H groups in total. The van der Waals surface area contributed by atoms with E-state index in [-0.39, 0.29) is 5.82 Å². The van der Waals surface area contributed by atoms with Crippen molar-refractivity contribution in [3.63, 3.8) is 0 Å². The van der Waals surface area contributed by atoms with Gasteiger partial charge in [-0.3, -0.25) is 0 Å². The fourth-order valence-corrected chi connectivity index (χ4v) is 1.89. The first kappa shape index (κ1) is 14.8. The topological polar surface area (TPSA) is 64.3 Å². The summed E-state index contributed by atoms with van der Waals surface area (Å²) in [6.07, 6.45) is 0. The van der Waals surface area contributed by atoms with Gasteiger partial charge in [0.25, 0.3) is 0 Å². The number of rotatable bonds is 4. The third-order valence-corrected chi connectivity index (χ3v) is 3.10. The lowest BCUT2D eigenvalue weighted by atomic mass is 10.1. The Hall–Kier alpha value is -2.56. The van der Waals surface area contributed by atoms with Gasteiger partial charge in [0.1, 0.15) is 5.82 Å². The van der Waals surface area contributed by atoms with Crippen molar-refractivity contribution in [2.75, 3.05) is 17.7 Å². The number of ether oxygens (including phenoxy) is 1. The predicted octanol–water partition coefficient (Wildman–Crippen LogP) is 3.64. The lowest BCUT2D eigenvalue weighted by molar-refractivity contribution is 0.0526. The second-order valence-corrected chi connectivity index (χ2v) is 4.56. The van der Waals surface area contributed by atoms with Crippen molar-refractivity contribution in [2.45, 2.75) is 13.8 Å². The highest BCUT2D eigenvalue weighted by Gasteiger charge is 2.11. The smallest absolute Gasteiger partial charge is 0.338 e. The van der Waals surface area contributed by atoms with Crippen LogP contribution in [0.2, 0.25) is 0 Å². The summed E-state index contributed by atoms with van der Waals surface area (Å²) in [5.74, 6) is -0.725. The Morgan fingerprint density at radius 2 is 2.05 bits per heavy atom. The Morgan fingerprint density at radius 1 is 1.29 bits per heavy atom. The van der Waals surface area contributed by atoms with Crippen LogP contribution in [0.5, 0.6) is 0 Å². The van der Waals surface area contributed by atoms with Crippen molar-refractivity contribution in [1.29, 1.82) is 0 Å². The molecule has 0 aliphatic heterocycles. The van der Waals surface area contributed by atoms with Crippen molar-refractivity contribution in [3.8, 4) is 0 Å². The van der Waals surface area contributed by atoms with Crippen molar-refractivity contribution < 1.29 is 13.9 Å². The fraction of sp³-hybridized carbons (Fsp3) is 0.188. The Balaban J connectivity index is 2.33. The molecule has 21 heavy (non-hydrogen) atoms. The average Bonchev–Trinajstić information content (AvgIpc) is 2.46. The van der Waals surface area contributed by atoms with E-state index in [1.165, 1.54) is 6.07 Å². The molecule has 0 aliphatic rings. The maximum atomic E-state index is 13.5. The normalized spacial score (nSPS) is 10.2. The summed E-state index contributed by atoms with van der Waals surface area (Å²) < 4.78 is 18.5. The molecule has 0 radical (unpaired) electrons. The lowest BCUT2D eigenvalue weighted by Gasteiger charge is -2.13. The van der Waals surface area contributed by atoms with E-state index >= 15 is 0 Å². The van der Waals surface area contributed by atoms with Crippen LogP contribution < -0.4 is 11.1 Å². The number of carbonyl (C=O) groups is 1. The number of halogens is 1. The van der Waals surface area contributed by atoms with Gasteiger partial charge in [0.15, 0.2) is 0 Å². The molecular formula is C16H17FN2O2. The van der Waals surface area contributed by atoms with Crippen LogP contribution in [0.3, 0.4) is 0 Å². The van der Waals surface area contributed by atoms with Crippen LogP contribution in [-0.4, -0.2) is 12.6 Å². The van der Waals surface area contributed by atoms with E-state index in [1.807, 2.05) is 0 Å². The molecule has 0 atom stereocenters. The molecule has 0 saturated heterocycles. The molecule has 0 spiro atoms. The minimum Gasteiger partial charge on any atom is -0.462 e. The number of hydrogen-bond acceptors (Lipinski definition) is 4. The summed E-state index contributed by atoms with van der Waals surface area (Å²) in [5.41, 5.74) is 8.37. The Kier molecular flexibility index (Phi) is 4.42. The van der Waals surface area contributed by atoms with Crippen molar-refractivity contribution in [2.24, 2.45) is 0 Å². The van der Waals surface area contributed by atoms with Gasteiger partial charge in [-0.05, 0) is 44.2 Å². The standard InChI is InChI=1S/C16H17FN2O2/c1-3-21-16(20)11-7-8-13(18)15(9-11)19-14-6-4-5-12(17)10(14)2/h4-9,19H,3,18H2,1-2H3. The first-order chi connectivity index (χ1) is 10.0. The lowest BCUT2D eigenvalue weighted by Crippen LogP contribution is -2.06. The molecule has 0 saturated carbocycles. The molecule has 0 bridgehead atoms. The van der Waals surface area contributed by atoms with Crippen LogP contribution in [0.1, 0.15) is 22.8 Å². The molecule has 4 nitrogen and oxygen atoms in total. The van der Waals surface area contributed by atoms with E-state index in [9.17, 15) is 9.18 Å². The molecule has 0 fully saturated rings. The molecule has 5 heteroatoms. The maximum absolute atomic E-state index is 13.5. The number of carbonyl (C=O) groups excluding carboxylic acids is 1. The molecule has 2 aromatic rings. The monoisotopic (exact) mass is 288 g/mol. The molecule has 0 amide bonds. The Morgan fingerprint density at radius 3 is 2.76 bits per heavy atom. The van der Waals surface area contributed by atoms with E-state index < -0.39 is 5.97 Å². The summed E-state index contributed by atoms with van der Waals surface area (Å²) in [5, 5.41) is 3.05. The summed E-state index contributed by atoms with van der Waals surface area (Å²) >= 11 is 0. The summed E-state index contributed by atoms with van der Waals surface area (Å²) in [6, 6.07) is 9.54. The molecule has 2 rings (SSSR count). The number of hydrogen-bond donors (Lipinski definition) is 2. The van der Waals surface area contributed by atoms with Gasteiger partial charge in [0.2, 0.25) is 0 Å². The van der Waals surface area contributed by atoms with Crippen molar-refractivity contribution >= 4 is 23.0 Å². The zero-order valence-corrected chi connectivity index (χ0v) is 11.9.